The van der Waals surface area contributed by atoms with Crippen LogP contribution in [-0.4, -0.2) is 30.5 Å². The summed E-state index contributed by atoms with van der Waals surface area (Å²) >= 11 is 0. The van der Waals surface area contributed by atoms with Gasteiger partial charge in [-0.3, -0.25) is 9.78 Å². The molecule has 0 saturated heterocycles. The van der Waals surface area contributed by atoms with Crippen LogP contribution in [0.1, 0.15) is 42.5 Å². The molecule has 0 fully saturated rings. The molecule has 112 valence electrons. The highest BCUT2D eigenvalue weighted by Gasteiger charge is 2.24. The van der Waals surface area contributed by atoms with Crippen LogP contribution in [0.2, 0.25) is 0 Å². The monoisotopic (exact) mass is 278 g/mol. The van der Waals surface area contributed by atoms with E-state index < -0.39 is 5.91 Å². The Labute approximate surface area is 121 Å². The van der Waals surface area contributed by atoms with Gasteiger partial charge in [0.25, 0.3) is 5.91 Å². The summed E-state index contributed by atoms with van der Waals surface area (Å²) in [6.07, 6.45) is 0. The SMILES string of the molecule is CCN(CC(C)(C)CN)c1cc(C)nc(C)c1C(N)=O. The fourth-order valence-corrected chi connectivity index (χ4v) is 2.31. The van der Waals surface area contributed by atoms with Crippen molar-refractivity contribution in [1.82, 2.24) is 4.98 Å². The van der Waals surface area contributed by atoms with Crippen LogP contribution >= 0.6 is 0 Å². The average molecular weight is 278 g/mol. The molecule has 0 spiro atoms. The third kappa shape index (κ3) is 3.70. The second kappa shape index (κ2) is 6.22. The number of amides is 1. The maximum atomic E-state index is 11.7. The predicted molar refractivity (Wildman–Crippen MR) is 83.0 cm³/mol. The molecule has 0 unspecified atom stereocenters. The Morgan fingerprint density at radius 1 is 1.40 bits per heavy atom. The van der Waals surface area contributed by atoms with Crippen molar-refractivity contribution in [3.8, 4) is 0 Å². The summed E-state index contributed by atoms with van der Waals surface area (Å²) in [5, 5.41) is 0. The fraction of sp³-hybridized carbons (Fsp3) is 0.600. The highest BCUT2D eigenvalue weighted by atomic mass is 16.1. The molecule has 1 aromatic heterocycles. The van der Waals surface area contributed by atoms with Crippen LogP contribution in [0.3, 0.4) is 0 Å². The van der Waals surface area contributed by atoms with Crippen molar-refractivity contribution in [3.63, 3.8) is 0 Å². The highest BCUT2D eigenvalue weighted by Crippen LogP contribution is 2.27. The molecule has 0 aliphatic heterocycles. The minimum absolute atomic E-state index is 0.0317. The molecule has 5 nitrogen and oxygen atoms in total. The van der Waals surface area contributed by atoms with Crippen LogP contribution in [-0.2, 0) is 0 Å². The van der Waals surface area contributed by atoms with Gasteiger partial charge in [-0.25, -0.2) is 0 Å². The number of nitrogens with two attached hydrogens (primary N) is 2. The molecule has 0 aliphatic rings. The molecule has 1 amide bonds. The highest BCUT2D eigenvalue weighted by molar-refractivity contribution is 5.99. The van der Waals surface area contributed by atoms with Crippen molar-refractivity contribution in [3.05, 3.63) is 23.0 Å². The molecule has 5 heteroatoms. The summed E-state index contributed by atoms with van der Waals surface area (Å²) in [4.78, 5) is 18.2. The molecule has 0 bridgehead atoms. The van der Waals surface area contributed by atoms with Gasteiger partial charge in [0.15, 0.2) is 0 Å². The first kappa shape index (κ1) is 16.4. The Morgan fingerprint density at radius 3 is 2.45 bits per heavy atom. The Morgan fingerprint density at radius 2 is 2.00 bits per heavy atom. The lowest BCUT2D eigenvalue weighted by atomic mass is 9.92. The van der Waals surface area contributed by atoms with Crippen molar-refractivity contribution in [2.24, 2.45) is 16.9 Å². The number of carbonyl (C=O) groups excluding carboxylic acids is 1. The zero-order valence-electron chi connectivity index (χ0n) is 13.2. The predicted octanol–water partition coefficient (Wildman–Crippen LogP) is 1.61. The molecule has 4 N–H and O–H groups in total. The van der Waals surface area contributed by atoms with E-state index in [1.807, 2.05) is 19.9 Å². The minimum atomic E-state index is -0.436. The van der Waals surface area contributed by atoms with E-state index in [-0.39, 0.29) is 5.41 Å². The first-order valence-electron chi connectivity index (χ1n) is 6.95. The molecule has 1 rings (SSSR count). The molecule has 0 aromatic carbocycles. The summed E-state index contributed by atoms with van der Waals surface area (Å²) in [6.45, 7) is 12.2. The lowest BCUT2D eigenvalue weighted by molar-refractivity contribution is 0.0999. The van der Waals surface area contributed by atoms with Crippen LogP contribution in [0.25, 0.3) is 0 Å². The third-order valence-corrected chi connectivity index (χ3v) is 3.45. The molecular weight excluding hydrogens is 252 g/mol. The summed E-state index contributed by atoms with van der Waals surface area (Å²) in [5.41, 5.74) is 14.2. The molecule has 0 atom stereocenters. The number of pyridine rings is 1. The van der Waals surface area contributed by atoms with Crippen LogP contribution in [0, 0.1) is 19.3 Å². The maximum absolute atomic E-state index is 11.7. The van der Waals surface area contributed by atoms with Gasteiger partial charge in [0.05, 0.1) is 16.9 Å². The van der Waals surface area contributed by atoms with Gasteiger partial charge in [0, 0.05) is 18.8 Å². The normalized spacial score (nSPS) is 11.5. The Bertz CT molecular complexity index is 497. The van der Waals surface area contributed by atoms with E-state index in [0.717, 1.165) is 24.5 Å². The van der Waals surface area contributed by atoms with Crippen LogP contribution in [0.15, 0.2) is 6.07 Å². The van der Waals surface area contributed by atoms with E-state index in [1.165, 1.54) is 0 Å². The van der Waals surface area contributed by atoms with Gasteiger partial charge in [-0.05, 0) is 38.8 Å². The third-order valence-electron chi connectivity index (χ3n) is 3.45. The molecule has 0 aliphatic carbocycles. The zero-order valence-corrected chi connectivity index (χ0v) is 13.2. The number of aryl methyl sites for hydroxylation is 2. The number of anilines is 1. The van der Waals surface area contributed by atoms with E-state index >= 15 is 0 Å². The summed E-state index contributed by atoms with van der Waals surface area (Å²) < 4.78 is 0. The van der Waals surface area contributed by atoms with Crippen molar-refractivity contribution in [2.75, 3.05) is 24.5 Å². The first-order valence-corrected chi connectivity index (χ1v) is 6.95. The summed E-state index contributed by atoms with van der Waals surface area (Å²) in [6, 6.07) is 1.92. The number of hydrogen-bond donors (Lipinski definition) is 2. The Balaban J connectivity index is 3.31. The molecule has 0 saturated carbocycles. The quantitative estimate of drug-likeness (QED) is 0.828. The first-order chi connectivity index (χ1) is 9.21. The molecule has 1 heterocycles. The Hall–Kier alpha value is -1.62. The molecule has 1 aromatic rings. The van der Waals surface area contributed by atoms with E-state index in [2.05, 4.69) is 30.7 Å². The van der Waals surface area contributed by atoms with Gasteiger partial charge in [0.2, 0.25) is 0 Å². The lowest BCUT2D eigenvalue weighted by Gasteiger charge is -2.34. The largest absolute Gasteiger partial charge is 0.370 e. The lowest BCUT2D eigenvalue weighted by Crippen LogP contribution is -2.40. The van der Waals surface area contributed by atoms with Crippen LogP contribution in [0.4, 0.5) is 5.69 Å². The van der Waals surface area contributed by atoms with Crippen LogP contribution in [0.5, 0.6) is 0 Å². The summed E-state index contributed by atoms with van der Waals surface area (Å²) in [7, 11) is 0. The number of hydrogen-bond acceptors (Lipinski definition) is 4. The fourth-order valence-electron chi connectivity index (χ4n) is 2.31. The van der Waals surface area contributed by atoms with Gasteiger partial charge in [0.1, 0.15) is 0 Å². The van der Waals surface area contributed by atoms with Crippen molar-refractivity contribution < 1.29 is 4.79 Å². The number of aromatic nitrogens is 1. The standard InChI is InChI=1S/C15H26N4O/c1-6-19(9-15(4,5)8-16)12-7-10(2)18-11(3)13(12)14(17)20/h7H,6,8-9,16H2,1-5H3,(H2,17,20). The number of nitrogens with zero attached hydrogens (tertiary/aromatic N) is 2. The topological polar surface area (TPSA) is 85.2 Å². The second-order valence-corrected chi connectivity index (χ2v) is 5.99. The molecule has 20 heavy (non-hydrogen) atoms. The van der Waals surface area contributed by atoms with Crippen LogP contribution < -0.4 is 16.4 Å². The van der Waals surface area contributed by atoms with E-state index in [0.29, 0.717) is 17.8 Å². The minimum Gasteiger partial charge on any atom is -0.370 e. The summed E-state index contributed by atoms with van der Waals surface area (Å²) in [5.74, 6) is -0.436. The van der Waals surface area contributed by atoms with E-state index in [4.69, 9.17) is 11.5 Å². The van der Waals surface area contributed by atoms with Gasteiger partial charge < -0.3 is 16.4 Å². The second-order valence-electron chi connectivity index (χ2n) is 5.99. The van der Waals surface area contributed by atoms with Crippen molar-refractivity contribution in [1.29, 1.82) is 0 Å². The van der Waals surface area contributed by atoms with Gasteiger partial charge >= 0.3 is 0 Å². The van der Waals surface area contributed by atoms with Crippen molar-refractivity contribution in [2.45, 2.75) is 34.6 Å². The van der Waals surface area contributed by atoms with Gasteiger partial charge in [-0.1, -0.05) is 13.8 Å². The van der Waals surface area contributed by atoms with Gasteiger partial charge in [-0.15, -0.1) is 0 Å². The average Bonchev–Trinajstić information content (AvgIpc) is 2.34. The zero-order chi connectivity index (χ0) is 15.5. The molecular formula is C15H26N4O. The van der Waals surface area contributed by atoms with E-state index in [9.17, 15) is 4.79 Å². The van der Waals surface area contributed by atoms with Gasteiger partial charge in [-0.2, -0.15) is 0 Å². The Kier molecular flexibility index (Phi) is 5.11. The number of primary amides is 1. The molecule has 0 radical (unpaired) electrons. The number of carbonyl (C=O) groups is 1. The van der Waals surface area contributed by atoms with Crippen molar-refractivity contribution >= 4 is 11.6 Å². The maximum Gasteiger partial charge on any atom is 0.252 e. The number of rotatable bonds is 6. The smallest absolute Gasteiger partial charge is 0.252 e. The van der Waals surface area contributed by atoms with E-state index in [1.54, 1.807) is 0 Å².